The summed E-state index contributed by atoms with van der Waals surface area (Å²) in [6.45, 7) is 3.25. The molecular formula is C20H21FN4O3. The molecule has 1 saturated heterocycles. The minimum atomic E-state index is -0.276. The fraction of sp³-hybridized carbons (Fsp3) is 0.350. The monoisotopic (exact) mass is 384 g/mol. The minimum absolute atomic E-state index is 0.188. The molecule has 0 radical (unpaired) electrons. The molecule has 0 aliphatic carbocycles. The van der Waals surface area contributed by atoms with Crippen LogP contribution in [-0.2, 0) is 18.2 Å². The van der Waals surface area contributed by atoms with E-state index in [1.807, 2.05) is 20.0 Å². The van der Waals surface area contributed by atoms with E-state index in [0.29, 0.717) is 31.9 Å². The molecule has 146 valence electrons. The van der Waals surface area contributed by atoms with E-state index in [4.69, 9.17) is 9.26 Å². The normalized spacial score (nSPS) is 17.1. The highest BCUT2D eigenvalue weighted by Crippen LogP contribution is 2.24. The number of morpholine rings is 1. The fourth-order valence-corrected chi connectivity index (χ4v) is 3.36. The summed E-state index contributed by atoms with van der Waals surface area (Å²) >= 11 is 0. The Labute approximate surface area is 161 Å². The van der Waals surface area contributed by atoms with Crippen molar-refractivity contribution in [2.45, 2.75) is 19.4 Å². The summed E-state index contributed by atoms with van der Waals surface area (Å²) in [6.07, 6.45) is 2.04. The van der Waals surface area contributed by atoms with E-state index in [0.717, 1.165) is 16.8 Å². The third kappa shape index (κ3) is 3.68. The minimum Gasteiger partial charge on any atom is -0.374 e. The maximum atomic E-state index is 13.4. The average Bonchev–Trinajstić information content (AvgIpc) is 3.29. The summed E-state index contributed by atoms with van der Waals surface area (Å²) in [5.41, 5.74) is 2.83. The van der Waals surface area contributed by atoms with Crippen LogP contribution in [0.2, 0.25) is 0 Å². The molecule has 0 saturated carbocycles. The zero-order valence-corrected chi connectivity index (χ0v) is 15.8. The Morgan fingerprint density at radius 1 is 1.36 bits per heavy atom. The second-order valence-corrected chi connectivity index (χ2v) is 6.92. The number of ether oxygens (including phenoxy) is 1. The van der Waals surface area contributed by atoms with Gasteiger partial charge in [-0.1, -0.05) is 17.3 Å². The van der Waals surface area contributed by atoms with Gasteiger partial charge in [0.05, 0.1) is 24.5 Å². The van der Waals surface area contributed by atoms with Crippen LogP contribution in [0.25, 0.3) is 11.3 Å². The van der Waals surface area contributed by atoms with Gasteiger partial charge in [0.2, 0.25) is 0 Å². The lowest BCUT2D eigenvalue weighted by atomic mass is 10.1. The van der Waals surface area contributed by atoms with Gasteiger partial charge in [0.15, 0.2) is 11.5 Å². The molecule has 8 heteroatoms. The maximum absolute atomic E-state index is 13.4. The van der Waals surface area contributed by atoms with Crippen LogP contribution in [-0.4, -0.2) is 51.5 Å². The van der Waals surface area contributed by atoms with Crippen molar-refractivity contribution in [1.29, 1.82) is 0 Å². The van der Waals surface area contributed by atoms with Crippen molar-refractivity contribution in [1.82, 2.24) is 19.8 Å². The highest BCUT2D eigenvalue weighted by atomic mass is 19.1. The van der Waals surface area contributed by atoms with E-state index in [-0.39, 0.29) is 23.5 Å². The summed E-state index contributed by atoms with van der Waals surface area (Å²) in [5.74, 6) is 0.0321. The highest BCUT2D eigenvalue weighted by Gasteiger charge is 2.27. The summed E-state index contributed by atoms with van der Waals surface area (Å²) in [5, 5.41) is 8.13. The molecular weight excluding hydrogens is 363 g/mol. The van der Waals surface area contributed by atoms with Crippen LogP contribution in [0.4, 0.5) is 4.39 Å². The number of aryl methyl sites for hydroxylation is 1. The number of carbonyl (C=O) groups excluding carboxylic acids is 1. The topological polar surface area (TPSA) is 73.4 Å². The number of hydrogen-bond donors (Lipinski definition) is 0. The van der Waals surface area contributed by atoms with Crippen LogP contribution in [0.3, 0.4) is 0 Å². The first kappa shape index (κ1) is 18.4. The largest absolute Gasteiger partial charge is 0.374 e. The lowest BCUT2D eigenvalue weighted by molar-refractivity contribution is -0.0211. The molecule has 3 heterocycles. The van der Waals surface area contributed by atoms with E-state index in [1.54, 1.807) is 27.9 Å². The van der Waals surface area contributed by atoms with Crippen molar-refractivity contribution in [3.63, 3.8) is 0 Å². The number of aromatic nitrogens is 3. The zero-order valence-electron chi connectivity index (χ0n) is 15.8. The number of carbonyl (C=O) groups is 1. The van der Waals surface area contributed by atoms with Gasteiger partial charge >= 0.3 is 0 Å². The molecule has 0 N–H and O–H groups in total. The van der Waals surface area contributed by atoms with Gasteiger partial charge in [-0.05, 0) is 24.6 Å². The van der Waals surface area contributed by atoms with Crippen molar-refractivity contribution >= 4 is 5.91 Å². The number of hydrogen-bond acceptors (Lipinski definition) is 5. The third-order valence-corrected chi connectivity index (χ3v) is 5.01. The first-order chi connectivity index (χ1) is 13.5. The molecule has 1 amide bonds. The van der Waals surface area contributed by atoms with E-state index < -0.39 is 0 Å². The molecule has 0 bridgehead atoms. The Morgan fingerprint density at radius 3 is 2.96 bits per heavy atom. The van der Waals surface area contributed by atoms with E-state index in [9.17, 15) is 9.18 Å². The molecule has 1 aliphatic heterocycles. The predicted octanol–water partition coefficient (Wildman–Crippen LogP) is 2.61. The third-order valence-electron chi connectivity index (χ3n) is 5.01. The van der Waals surface area contributed by atoms with E-state index in [1.165, 1.54) is 12.1 Å². The molecule has 4 rings (SSSR count). The van der Waals surface area contributed by atoms with Gasteiger partial charge in [0.1, 0.15) is 5.82 Å². The Bertz CT molecular complexity index is 997. The summed E-state index contributed by atoms with van der Waals surface area (Å²) < 4.78 is 26.3. The molecule has 3 aromatic rings. The van der Waals surface area contributed by atoms with Gasteiger partial charge in [0.25, 0.3) is 5.91 Å². The SMILES string of the molecule is Cc1c(-c2cc(C(=O)N3CCO[C@@H](Cc4cccc(F)c4)C3)no2)cnn1C. The Kier molecular flexibility index (Phi) is 4.95. The molecule has 1 atom stereocenters. The predicted molar refractivity (Wildman–Crippen MR) is 99.2 cm³/mol. The van der Waals surface area contributed by atoms with Crippen LogP contribution in [0.1, 0.15) is 21.7 Å². The number of halogens is 1. The highest BCUT2D eigenvalue weighted by molar-refractivity contribution is 5.93. The van der Waals surface area contributed by atoms with Gasteiger partial charge in [-0.2, -0.15) is 5.10 Å². The quantitative estimate of drug-likeness (QED) is 0.691. The Hall–Kier alpha value is -3.00. The smallest absolute Gasteiger partial charge is 0.276 e. The lowest BCUT2D eigenvalue weighted by Gasteiger charge is -2.32. The molecule has 1 aromatic carbocycles. The molecule has 1 aliphatic rings. The lowest BCUT2D eigenvalue weighted by Crippen LogP contribution is -2.46. The van der Waals surface area contributed by atoms with Crippen molar-refractivity contribution in [2.75, 3.05) is 19.7 Å². The first-order valence-corrected chi connectivity index (χ1v) is 9.12. The Morgan fingerprint density at radius 2 is 2.21 bits per heavy atom. The van der Waals surface area contributed by atoms with Gasteiger partial charge in [0, 0.05) is 38.3 Å². The van der Waals surface area contributed by atoms with Gasteiger partial charge in [-0.15, -0.1) is 0 Å². The first-order valence-electron chi connectivity index (χ1n) is 9.12. The van der Waals surface area contributed by atoms with E-state index >= 15 is 0 Å². The summed E-state index contributed by atoms with van der Waals surface area (Å²) in [7, 11) is 1.84. The average molecular weight is 384 g/mol. The molecule has 2 aromatic heterocycles. The van der Waals surface area contributed by atoms with Crippen molar-refractivity contribution in [2.24, 2.45) is 7.05 Å². The maximum Gasteiger partial charge on any atom is 0.276 e. The number of benzene rings is 1. The number of rotatable bonds is 4. The molecule has 0 spiro atoms. The Balaban J connectivity index is 1.45. The number of nitrogens with zero attached hydrogens (tertiary/aromatic N) is 4. The van der Waals surface area contributed by atoms with Gasteiger partial charge in [-0.3, -0.25) is 9.48 Å². The van der Waals surface area contributed by atoms with Crippen LogP contribution in [0, 0.1) is 12.7 Å². The second kappa shape index (κ2) is 7.55. The zero-order chi connectivity index (χ0) is 19.7. The number of amides is 1. The molecule has 0 unspecified atom stereocenters. The fourth-order valence-electron chi connectivity index (χ4n) is 3.36. The van der Waals surface area contributed by atoms with Crippen molar-refractivity contribution < 1.29 is 18.4 Å². The molecule has 28 heavy (non-hydrogen) atoms. The molecule has 7 nitrogen and oxygen atoms in total. The second-order valence-electron chi connectivity index (χ2n) is 6.92. The summed E-state index contributed by atoms with van der Waals surface area (Å²) in [6, 6.07) is 8.07. The standard InChI is InChI=1S/C20H21FN4O3/c1-13-17(11-22-24(13)2)19-10-18(23-28-19)20(26)25-6-7-27-16(12-25)9-14-4-3-5-15(21)8-14/h3-5,8,10-11,16H,6-7,9,12H2,1-2H3/t16-/m0/s1. The van der Waals surface area contributed by atoms with Crippen LogP contribution < -0.4 is 0 Å². The van der Waals surface area contributed by atoms with E-state index in [2.05, 4.69) is 10.3 Å². The molecule has 1 fully saturated rings. The van der Waals surface area contributed by atoms with Crippen LogP contribution >= 0.6 is 0 Å². The van der Waals surface area contributed by atoms with Gasteiger partial charge < -0.3 is 14.2 Å². The van der Waals surface area contributed by atoms with Crippen molar-refractivity contribution in [3.8, 4) is 11.3 Å². The summed E-state index contributed by atoms with van der Waals surface area (Å²) in [4.78, 5) is 14.6. The van der Waals surface area contributed by atoms with Crippen molar-refractivity contribution in [3.05, 3.63) is 59.3 Å². The van der Waals surface area contributed by atoms with Gasteiger partial charge in [-0.25, -0.2) is 4.39 Å². The van der Waals surface area contributed by atoms with Crippen LogP contribution in [0.15, 0.2) is 41.1 Å². The van der Waals surface area contributed by atoms with Crippen LogP contribution in [0.5, 0.6) is 0 Å².